The lowest BCUT2D eigenvalue weighted by Gasteiger charge is -2.12. The zero-order valence-electron chi connectivity index (χ0n) is 15.0. The Hall–Kier alpha value is -3.80. The molecule has 2 aromatic heterocycles. The summed E-state index contributed by atoms with van der Waals surface area (Å²) in [5.74, 6) is 1.49. The molecule has 0 saturated carbocycles. The molecule has 0 fully saturated rings. The van der Waals surface area contributed by atoms with Crippen LogP contribution in [-0.4, -0.2) is 15.0 Å². The predicted molar refractivity (Wildman–Crippen MR) is 109 cm³/mol. The first-order valence-corrected chi connectivity index (χ1v) is 8.87. The van der Waals surface area contributed by atoms with E-state index in [0.29, 0.717) is 29.7 Å². The topological polar surface area (TPSA) is 62.7 Å². The van der Waals surface area contributed by atoms with E-state index in [1.54, 1.807) is 24.4 Å². The first-order valence-electron chi connectivity index (χ1n) is 8.87. The molecule has 0 aliphatic heterocycles. The van der Waals surface area contributed by atoms with Crippen LogP contribution in [0.1, 0.15) is 5.69 Å². The highest BCUT2D eigenvalue weighted by Gasteiger charge is 2.08. The summed E-state index contributed by atoms with van der Waals surface area (Å²) in [4.78, 5) is 13.5. The van der Waals surface area contributed by atoms with Crippen molar-refractivity contribution in [1.29, 1.82) is 0 Å². The van der Waals surface area contributed by atoms with Gasteiger partial charge in [0, 0.05) is 23.5 Å². The molecule has 2 heterocycles. The van der Waals surface area contributed by atoms with Crippen LogP contribution in [0.2, 0.25) is 0 Å². The summed E-state index contributed by atoms with van der Waals surface area (Å²) in [6.07, 6.45) is 1.75. The van der Waals surface area contributed by atoms with Crippen molar-refractivity contribution in [1.82, 2.24) is 15.0 Å². The van der Waals surface area contributed by atoms with Gasteiger partial charge in [0.25, 0.3) is 0 Å². The van der Waals surface area contributed by atoms with Crippen LogP contribution >= 0.6 is 0 Å². The molecule has 4 aromatic rings. The third-order valence-electron chi connectivity index (χ3n) is 4.03. The van der Waals surface area contributed by atoms with E-state index >= 15 is 0 Å². The summed E-state index contributed by atoms with van der Waals surface area (Å²) in [5, 5.41) is 6.43. The first-order chi connectivity index (χ1) is 13.8. The SMILES string of the molecule is Fc1cccc(Nc2cc(NCc3ccccn3)nc(-c3ccccc3)n2)c1. The van der Waals surface area contributed by atoms with Crippen molar-refractivity contribution < 1.29 is 4.39 Å². The van der Waals surface area contributed by atoms with E-state index in [4.69, 9.17) is 0 Å². The van der Waals surface area contributed by atoms with Crippen molar-refractivity contribution in [3.8, 4) is 11.4 Å². The van der Waals surface area contributed by atoms with E-state index in [1.165, 1.54) is 12.1 Å². The number of pyridine rings is 1. The van der Waals surface area contributed by atoms with E-state index < -0.39 is 0 Å². The Morgan fingerprint density at radius 3 is 2.39 bits per heavy atom. The average Bonchev–Trinajstić information content (AvgIpc) is 2.74. The number of rotatable bonds is 6. The second-order valence-electron chi connectivity index (χ2n) is 6.14. The zero-order valence-corrected chi connectivity index (χ0v) is 15.0. The monoisotopic (exact) mass is 371 g/mol. The number of nitrogens with one attached hydrogen (secondary N) is 2. The van der Waals surface area contributed by atoms with Crippen LogP contribution in [0.4, 0.5) is 21.7 Å². The Labute approximate surface area is 162 Å². The van der Waals surface area contributed by atoms with Gasteiger partial charge in [-0.25, -0.2) is 14.4 Å². The van der Waals surface area contributed by atoms with Crippen molar-refractivity contribution in [2.45, 2.75) is 6.54 Å². The lowest BCUT2D eigenvalue weighted by molar-refractivity contribution is 0.628. The quantitative estimate of drug-likeness (QED) is 0.497. The van der Waals surface area contributed by atoms with Crippen molar-refractivity contribution in [3.05, 3.63) is 96.6 Å². The molecule has 4 rings (SSSR count). The molecule has 0 atom stereocenters. The maximum Gasteiger partial charge on any atom is 0.163 e. The third-order valence-corrected chi connectivity index (χ3v) is 4.03. The van der Waals surface area contributed by atoms with E-state index in [2.05, 4.69) is 25.6 Å². The lowest BCUT2D eigenvalue weighted by Crippen LogP contribution is -2.06. The molecule has 2 N–H and O–H groups in total. The van der Waals surface area contributed by atoms with Crippen LogP contribution in [0.25, 0.3) is 11.4 Å². The Kier molecular flexibility index (Phi) is 5.20. The smallest absolute Gasteiger partial charge is 0.163 e. The minimum absolute atomic E-state index is 0.309. The largest absolute Gasteiger partial charge is 0.364 e. The molecule has 138 valence electrons. The van der Waals surface area contributed by atoms with Gasteiger partial charge in [0.1, 0.15) is 17.5 Å². The number of benzene rings is 2. The fourth-order valence-electron chi connectivity index (χ4n) is 2.72. The summed E-state index contributed by atoms with van der Waals surface area (Å²) >= 11 is 0. The highest BCUT2D eigenvalue weighted by Crippen LogP contribution is 2.23. The number of hydrogen-bond donors (Lipinski definition) is 2. The number of aromatic nitrogens is 3. The minimum Gasteiger partial charge on any atom is -0.364 e. The number of anilines is 3. The first kappa shape index (κ1) is 17.6. The van der Waals surface area contributed by atoms with Crippen LogP contribution in [0, 0.1) is 5.82 Å². The zero-order chi connectivity index (χ0) is 19.2. The Bertz CT molecular complexity index is 1050. The van der Waals surface area contributed by atoms with Gasteiger partial charge in [-0.15, -0.1) is 0 Å². The Morgan fingerprint density at radius 2 is 1.61 bits per heavy atom. The normalized spacial score (nSPS) is 10.5. The van der Waals surface area contributed by atoms with Gasteiger partial charge >= 0.3 is 0 Å². The summed E-state index contributed by atoms with van der Waals surface area (Å²) in [7, 11) is 0. The highest BCUT2D eigenvalue weighted by molar-refractivity contribution is 5.65. The van der Waals surface area contributed by atoms with Crippen molar-refractivity contribution in [2.24, 2.45) is 0 Å². The standard InChI is InChI=1S/C22H18FN5/c23-17-9-6-11-18(13-17)26-21-14-20(25-15-19-10-4-5-12-24-19)27-22(28-21)16-7-2-1-3-8-16/h1-14H,15H2,(H2,25,26,27,28). The van der Waals surface area contributed by atoms with Gasteiger partial charge in [0.15, 0.2) is 5.82 Å². The summed E-state index contributed by atoms with van der Waals surface area (Å²) in [6, 6.07) is 23.5. The lowest BCUT2D eigenvalue weighted by atomic mass is 10.2. The fourth-order valence-corrected chi connectivity index (χ4v) is 2.72. The molecule has 6 heteroatoms. The van der Waals surface area contributed by atoms with E-state index in [9.17, 15) is 4.39 Å². The van der Waals surface area contributed by atoms with E-state index in [-0.39, 0.29) is 5.82 Å². The van der Waals surface area contributed by atoms with Gasteiger partial charge in [0.05, 0.1) is 12.2 Å². The predicted octanol–water partition coefficient (Wildman–Crippen LogP) is 5.03. The molecule has 0 spiro atoms. The number of halogens is 1. The van der Waals surface area contributed by atoms with Gasteiger partial charge < -0.3 is 10.6 Å². The molecule has 5 nitrogen and oxygen atoms in total. The Morgan fingerprint density at radius 1 is 0.786 bits per heavy atom. The third kappa shape index (κ3) is 4.48. The van der Waals surface area contributed by atoms with Crippen molar-refractivity contribution in [2.75, 3.05) is 10.6 Å². The molecular formula is C22H18FN5. The van der Waals surface area contributed by atoms with E-state index in [1.807, 2.05) is 48.5 Å². The molecule has 28 heavy (non-hydrogen) atoms. The van der Waals surface area contributed by atoms with Crippen molar-refractivity contribution >= 4 is 17.3 Å². The number of nitrogens with zero attached hydrogens (tertiary/aromatic N) is 3. The molecule has 0 radical (unpaired) electrons. The number of hydrogen-bond acceptors (Lipinski definition) is 5. The summed E-state index contributed by atoms with van der Waals surface area (Å²) in [5.41, 5.74) is 2.42. The van der Waals surface area contributed by atoms with Crippen LogP contribution in [0.15, 0.2) is 85.1 Å². The second-order valence-corrected chi connectivity index (χ2v) is 6.14. The molecule has 2 aromatic carbocycles. The molecule has 0 saturated heterocycles. The minimum atomic E-state index is -0.309. The maximum atomic E-state index is 13.5. The molecule has 0 aliphatic carbocycles. The molecule has 0 bridgehead atoms. The van der Waals surface area contributed by atoms with Crippen LogP contribution in [-0.2, 0) is 6.54 Å². The van der Waals surface area contributed by atoms with Gasteiger partial charge in [-0.05, 0) is 30.3 Å². The maximum absolute atomic E-state index is 13.5. The van der Waals surface area contributed by atoms with Crippen LogP contribution in [0.3, 0.4) is 0 Å². The summed E-state index contributed by atoms with van der Waals surface area (Å²) in [6.45, 7) is 0.533. The second kappa shape index (κ2) is 8.26. The average molecular weight is 371 g/mol. The van der Waals surface area contributed by atoms with Gasteiger partial charge in [-0.1, -0.05) is 42.5 Å². The fraction of sp³-hybridized carbons (Fsp3) is 0.0455. The van der Waals surface area contributed by atoms with Gasteiger partial charge in [0.2, 0.25) is 0 Å². The molecule has 0 aliphatic rings. The van der Waals surface area contributed by atoms with Crippen LogP contribution in [0.5, 0.6) is 0 Å². The molecule has 0 amide bonds. The Balaban J connectivity index is 1.64. The summed E-state index contributed by atoms with van der Waals surface area (Å²) < 4.78 is 13.5. The van der Waals surface area contributed by atoms with E-state index in [0.717, 1.165) is 11.3 Å². The van der Waals surface area contributed by atoms with Crippen molar-refractivity contribution in [3.63, 3.8) is 0 Å². The van der Waals surface area contributed by atoms with Gasteiger partial charge in [-0.2, -0.15) is 0 Å². The molecule has 0 unspecified atom stereocenters. The van der Waals surface area contributed by atoms with Gasteiger partial charge in [-0.3, -0.25) is 4.98 Å². The van der Waals surface area contributed by atoms with Crippen LogP contribution < -0.4 is 10.6 Å². The highest BCUT2D eigenvalue weighted by atomic mass is 19.1. The molecular weight excluding hydrogens is 353 g/mol.